The van der Waals surface area contributed by atoms with Crippen LogP contribution in [0.4, 0.5) is 0 Å². The van der Waals surface area contributed by atoms with E-state index in [1.165, 1.54) is 0 Å². The maximum atomic E-state index is 12.6. The minimum atomic E-state index is 0.0467. The molecule has 0 unspecified atom stereocenters. The van der Waals surface area contributed by atoms with Crippen molar-refractivity contribution >= 4 is 11.6 Å². The van der Waals surface area contributed by atoms with Gasteiger partial charge in [0.1, 0.15) is 0 Å². The number of ketones is 2. The first-order valence-corrected chi connectivity index (χ1v) is 7.94. The molecule has 0 heterocycles. The highest BCUT2D eigenvalue weighted by atomic mass is 16.1. The molecule has 0 aliphatic heterocycles. The number of likely N-dealkylation sites (N-methyl/N-ethyl adjacent to an activating group) is 2. The monoisotopic (exact) mass is 324 g/mol. The molecule has 0 amide bonds. The van der Waals surface area contributed by atoms with Gasteiger partial charge in [-0.3, -0.25) is 9.59 Å². The van der Waals surface area contributed by atoms with Crippen LogP contribution in [-0.2, 0) is 0 Å². The van der Waals surface area contributed by atoms with Crippen LogP contribution in [-0.4, -0.2) is 62.6 Å². The molecule has 0 spiro atoms. The highest BCUT2D eigenvalue weighted by Crippen LogP contribution is 2.28. The van der Waals surface area contributed by atoms with E-state index in [0.29, 0.717) is 24.2 Å². The lowest BCUT2D eigenvalue weighted by atomic mass is 9.91. The Morgan fingerprint density at radius 3 is 1.33 bits per heavy atom. The molecule has 0 fully saturated rings. The fourth-order valence-corrected chi connectivity index (χ4v) is 2.67. The van der Waals surface area contributed by atoms with E-state index in [1.54, 1.807) is 0 Å². The first kappa shape index (κ1) is 18.0. The maximum absolute atomic E-state index is 12.6. The van der Waals surface area contributed by atoms with Crippen LogP contribution in [0.3, 0.4) is 0 Å². The van der Waals surface area contributed by atoms with Gasteiger partial charge in [0.05, 0.1) is 13.1 Å². The molecular formula is C20H24N2O2. The SMILES string of the molecule is CN(C)CC(=O)c1ccccc1-c1ccccc1C(=O)CN(C)C. The number of nitrogens with zero attached hydrogens (tertiary/aromatic N) is 2. The summed E-state index contributed by atoms with van der Waals surface area (Å²) in [5, 5.41) is 0. The highest BCUT2D eigenvalue weighted by Gasteiger charge is 2.18. The van der Waals surface area contributed by atoms with Gasteiger partial charge in [-0.1, -0.05) is 48.5 Å². The lowest BCUT2D eigenvalue weighted by molar-refractivity contribution is 0.0948. The van der Waals surface area contributed by atoms with Crippen LogP contribution in [0, 0.1) is 0 Å². The topological polar surface area (TPSA) is 40.6 Å². The third-order valence-corrected chi connectivity index (χ3v) is 3.66. The number of carbonyl (C=O) groups is 2. The van der Waals surface area contributed by atoms with Crippen molar-refractivity contribution in [3.63, 3.8) is 0 Å². The van der Waals surface area contributed by atoms with E-state index in [1.807, 2.05) is 86.5 Å². The molecule has 0 radical (unpaired) electrons. The number of carbonyl (C=O) groups excluding carboxylic acids is 2. The molecule has 126 valence electrons. The van der Waals surface area contributed by atoms with E-state index in [2.05, 4.69) is 0 Å². The fourth-order valence-electron chi connectivity index (χ4n) is 2.67. The molecular weight excluding hydrogens is 300 g/mol. The second kappa shape index (κ2) is 7.99. The van der Waals surface area contributed by atoms with E-state index in [0.717, 1.165) is 11.1 Å². The van der Waals surface area contributed by atoms with Crippen LogP contribution in [0.15, 0.2) is 48.5 Å². The number of Topliss-reactive ketones (excluding diaryl/α,β-unsaturated/α-hetero) is 2. The molecule has 0 aliphatic rings. The quantitative estimate of drug-likeness (QED) is 0.734. The van der Waals surface area contributed by atoms with Gasteiger partial charge in [0.2, 0.25) is 0 Å². The summed E-state index contributed by atoms with van der Waals surface area (Å²) in [5.41, 5.74) is 2.92. The minimum absolute atomic E-state index is 0.0467. The van der Waals surface area contributed by atoms with Crippen LogP contribution in [0.25, 0.3) is 11.1 Å². The summed E-state index contributed by atoms with van der Waals surface area (Å²) < 4.78 is 0. The summed E-state index contributed by atoms with van der Waals surface area (Å²) in [6, 6.07) is 15.0. The predicted octanol–water partition coefficient (Wildman–Crippen LogP) is 2.84. The Kier molecular flexibility index (Phi) is 6.01. The molecule has 0 saturated carbocycles. The maximum Gasteiger partial charge on any atom is 0.177 e. The Morgan fingerprint density at radius 2 is 1.00 bits per heavy atom. The molecule has 2 rings (SSSR count). The zero-order valence-corrected chi connectivity index (χ0v) is 14.7. The van der Waals surface area contributed by atoms with Crippen LogP contribution < -0.4 is 0 Å². The van der Waals surface area contributed by atoms with Crippen molar-refractivity contribution in [3.8, 4) is 11.1 Å². The second-order valence-electron chi connectivity index (χ2n) is 6.41. The average molecular weight is 324 g/mol. The van der Waals surface area contributed by atoms with E-state index < -0.39 is 0 Å². The van der Waals surface area contributed by atoms with Crippen LogP contribution >= 0.6 is 0 Å². The Bertz CT molecular complexity index is 672. The highest BCUT2D eigenvalue weighted by molar-refractivity contribution is 6.08. The number of hydrogen-bond donors (Lipinski definition) is 0. The van der Waals surface area contributed by atoms with Gasteiger partial charge in [0.15, 0.2) is 11.6 Å². The molecule has 0 atom stereocenters. The van der Waals surface area contributed by atoms with E-state index in [9.17, 15) is 9.59 Å². The Morgan fingerprint density at radius 1 is 0.667 bits per heavy atom. The molecule has 24 heavy (non-hydrogen) atoms. The average Bonchev–Trinajstić information content (AvgIpc) is 2.53. The predicted molar refractivity (Wildman–Crippen MR) is 97.6 cm³/mol. The number of benzene rings is 2. The first-order valence-electron chi connectivity index (χ1n) is 7.94. The minimum Gasteiger partial charge on any atom is -0.302 e. The standard InChI is InChI=1S/C20H24N2O2/c1-21(2)13-19(23)17-11-7-5-9-15(17)16-10-6-8-12-18(16)20(24)14-22(3)4/h5-12H,13-14H2,1-4H3. The second-order valence-corrected chi connectivity index (χ2v) is 6.41. The molecule has 4 heteroatoms. The van der Waals surface area contributed by atoms with Crippen LogP contribution in [0.5, 0.6) is 0 Å². The molecule has 0 aliphatic carbocycles. The van der Waals surface area contributed by atoms with Gasteiger partial charge in [-0.15, -0.1) is 0 Å². The van der Waals surface area contributed by atoms with Crippen LogP contribution in [0.2, 0.25) is 0 Å². The smallest absolute Gasteiger partial charge is 0.177 e. The van der Waals surface area contributed by atoms with E-state index in [4.69, 9.17) is 0 Å². The van der Waals surface area contributed by atoms with Gasteiger partial charge in [0.25, 0.3) is 0 Å². The molecule has 0 bridgehead atoms. The fraction of sp³-hybridized carbons (Fsp3) is 0.300. The van der Waals surface area contributed by atoms with E-state index in [-0.39, 0.29) is 11.6 Å². The largest absolute Gasteiger partial charge is 0.302 e. The third-order valence-electron chi connectivity index (χ3n) is 3.66. The summed E-state index contributed by atoms with van der Waals surface area (Å²) >= 11 is 0. The normalized spacial score (nSPS) is 11.1. The summed E-state index contributed by atoms with van der Waals surface area (Å²) in [5.74, 6) is 0.0934. The zero-order chi connectivity index (χ0) is 17.7. The van der Waals surface area contributed by atoms with Gasteiger partial charge < -0.3 is 9.80 Å². The Hall–Kier alpha value is -2.30. The lowest BCUT2D eigenvalue weighted by Gasteiger charge is -2.15. The summed E-state index contributed by atoms with van der Waals surface area (Å²) in [7, 11) is 7.48. The Labute approximate surface area is 143 Å². The summed E-state index contributed by atoms with van der Waals surface area (Å²) in [6.07, 6.45) is 0. The van der Waals surface area contributed by atoms with Crippen molar-refractivity contribution < 1.29 is 9.59 Å². The van der Waals surface area contributed by atoms with Crippen LogP contribution in [0.1, 0.15) is 20.7 Å². The molecule has 4 nitrogen and oxygen atoms in total. The van der Waals surface area contributed by atoms with Crippen molar-refractivity contribution in [1.29, 1.82) is 0 Å². The summed E-state index contributed by atoms with van der Waals surface area (Å²) in [6.45, 7) is 0.676. The lowest BCUT2D eigenvalue weighted by Crippen LogP contribution is -2.23. The van der Waals surface area contributed by atoms with Gasteiger partial charge in [-0.25, -0.2) is 0 Å². The molecule has 0 saturated heterocycles. The van der Waals surface area contributed by atoms with Gasteiger partial charge in [-0.05, 0) is 39.3 Å². The first-order chi connectivity index (χ1) is 11.4. The zero-order valence-electron chi connectivity index (χ0n) is 14.7. The van der Waals surface area contributed by atoms with Gasteiger partial charge >= 0.3 is 0 Å². The molecule has 0 N–H and O–H groups in total. The molecule has 0 aromatic heterocycles. The van der Waals surface area contributed by atoms with Crippen molar-refractivity contribution in [2.45, 2.75) is 0 Å². The summed E-state index contributed by atoms with van der Waals surface area (Å²) in [4.78, 5) is 28.8. The van der Waals surface area contributed by atoms with Crippen molar-refractivity contribution in [1.82, 2.24) is 9.80 Å². The van der Waals surface area contributed by atoms with Crippen molar-refractivity contribution in [2.75, 3.05) is 41.3 Å². The van der Waals surface area contributed by atoms with Crippen molar-refractivity contribution in [2.24, 2.45) is 0 Å². The van der Waals surface area contributed by atoms with E-state index >= 15 is 0 Å². The number of hydrogen-bond acceptors (Lipinski definition) is 4. The van der Waals surface area contributed by atoms with Crippen molar-refractivity contribution in [3.05, 3.63) is 59.7 Å². The molecule has 2 aromatic carbocycles. The van der Waals surface area contributed by atoms with Gasteiger partial charge in [-0.2, -0.15) is 0 Å². The number of rotatable bonds is 7. The third kappa shape index (κ3) is 4.37. The van der Waals surface area contributed by atoms with Gasteiger partial charge in [0, 0.05) is 11.1 Å². The molecule has 2 aromatic rings. The Balaban J connectivity index is 2.50.